The lowest BCUT2D eigenvalue weighted by atomic mass is 9.97. The molecule has 25 heavy (non-hydrogen) atoms. The molecule has 0 amide bonds. The Hall–Kier alpha value is -2.98. The molecular formula is C21H15N3S. The van der Waals surface area contributed by atoms with Crippen LogP contribution in [0.25, 0.3) is 26.9 Å². The molecule has 0 radical (unpaired) electrons. The molecule has 0 fully saturated rings. The van der Waals surface area contributed by atoms with Gasteiger partial charge in [-0.1, -0.05) is 47.7 Å². The molecule has 0 saturated heterocycles. The molecule has 0 bridgehead atoms. The maximum absolute atomic E-state index is 5.79. The second kappa shape index (κ2) is 5.53. The third-order valence-corrected chi connectivity index (χ3v) is 5.51. The first-order chi connectivity index (χ1) is 12.3. The summed E-state index contributed by atoms with van der Waals surface area (Å²) >= 11 is 1.52. The summed E-state index contributed by atoms with van der Waals surface area (Å²) in [6.07, 6.45) is 7.07. The SMILES string of the molecule is Nc1ncc(-c2ccc3c(c2)C(c2cnc4ccccc4c2)=CC3)s1. The largest absolute Gasteiger partial charge is 0.375 e. The number of thiazole rings is 1. The highest BCUT2D eigenvalue weighted by Gasteiger charge is 2.17. The van der Waals surface area contributed by atoms with Gasteiger partial charge in [-0.2, -0.15) is 0 Å². The van der Waals surface area contributed by atoms with Gasteiger partial charge in [-0.15, -0.1) is 0 Å². The van der Waals surface area contributed by atoms with Crippen LogP contribution in [-0.2, 0) is 6.42 Å². The van der Waals surface area contributed by atoms with Crippen molar-refractivity contribution in [3.05, 3.63) is 83.7 Å². The summed E-state index contributed by atoms with van der Waals surface area (Å²) in [5.74, 6) is 0. The van der Waals surface area contributed by atoms with Gasteiger partial charge in [0.05, 0.1) is 10.4 Å². The van der Waals surface area contributed by atoms with Crippen LogP contribution in [0.5, 0.6) is 0 Å². The van der Waals surface area contributed by atoms with Crippen molar-refractivity contribution in [1.82, 2.24) is 9.97 Å². The van der Waals surface area contributed by atoms with E-state index < -0.39 is 0 Å². The van der Waals surface area contributed by atoms with Gasteiger partial charge in [0.2, 0.25) is 0 Å². The minimum absolute atomic E-state index is 0.602. The quantitative estimate of drug-likeness (QED) is 0.562. The number of fused-ring (bicyclic) bond motifs is 2. The van der Waals surface area contributed by atoms with E-state index in [-0.39, 0.29) is 0 Å². The van der Waals surface area contributed by atoms with Crippen molar-refractivity contribution in [2.24, 2.45) is 0 Å². The molecule has 2 aromatic heterocycles. The smallest absolute Gasteiger partial charge is 0.180 e. The Balaban J connectivity index is 1.61. The second-order valence-electron chi connectivity index (χ2n) is 6.17. The normalized spacial score (nSPS) is 13.0. The van der Waals surface area contributed by atoms with Crippen molar-refractivity contribution in [2.45, 2.75) is 6.42 Å². The summed E-state index contributed by atoms with van der Waals surface area (Å²) in [4.78, 5) is 9.89. The minimum Gasteiger partial charge on any atom is -0.375 e. The van der Waals surface area contributed by atoms with Gasteiger partial charge >= 0.3 is 0 Å². The van der Waals surface area contributed by atoms with E-state index in [2.05, 4.69) is 52.4 Å². The van der Waals surface area contributed by atoms with Crippen molar-refractivity contribution in [3.8, 4) is 10.4 Å². The summed E-state index contributed by atoms with van der Waals surface area (Å²) < 4.78 is 0. The highest BCUT2D eigenvalue weighted by Crippen LogP contribution is 2.37. The van der Waals surface area contributed by atoms with Crippen LogP contribution in [0.4, 0.5) is 5.13 Å². The standard InChI is InChI=1S/C21H15N3S/c22-21-24-12-20(25-21)15-6-5-13-7-8-17(18(13)10-15)16-9-14-3-1-2-4-19(14)23-11-16/h1-6,8-12H,7H2,(H2,22,24). The number of nitrogen functional groups attached to an aromatic ring is 1. The number of para-hydroxylation sites is 1. The van der Waals surface area contributed by atoms with E-state index in [1.54, 1.807) is 0 Å². The molecule has 2 aromatic carbocycles. The molecule has 2 N–H and O–H groups in total. The lowest BCUT2D eigenvalue weighted by Crippen LogP contribution is -1.90. The molecule has 0 saturated carbocycles. The molecule has 4 aromatic rings. The lowest BCUT2D eigenvalue weighted by Gasteiger charge is -2.09. The zero-order chi connectivity index (χ0) is 16.8. The Morgan fingerprint density at radius 1 is 0.920 bits per heavy atom. The molecule has 0 atom stereocenters. The number of hydrogen-bond acceptors (Lipinski definition) is 4. The summed E-state index contributed by atoms with van der Waals surface area (Å²) in [7, 11) is 0. The van der Waals surface area contributed by atoms with Gasteiger partial charge in [0.1, 0.15) is 0 Å². The second-order valence-corrected chi connectivity index (χ2v) is 7.24. The van der Waals surface area contributed by atoms with Gasteiger partial charge in [0.15, 0.2) is 5.13 Å². The van der Waals surface area contributed by atoms with E-state index in [4.69, 9.17) is 5.73 Å². The van der Waals surface area contributed by atoms with Crippen LogP contribution in [0.2, 0.25) is 0 Å². The number of aromatic nitrogens is 2. The van der Waals surface area contributed by atoms with E-state index in [0.717, 1.165) is 22.4 Å². The zero-order valence-corrected chi connectivity index (χ0v) is 14.3. The highest BCUT2D eigenvalue weighted by molar-refractivity contribution is 7.18. The van der Waals surface area contributed by atoms with Gasteiger partial charge in [-0.3, -0.25) is 4.98 Å². The molecule has 1 aliphatic carbocycles. The average molecular weight is 341 g/mol. The molecular weight excluding hydrogens is 326 g/mol. The summed E-state index contributed by atoms with van der Waals surface area (Å²) in [6.45, 7) is 0. The number of nitrogens with two attached hydrogens (primary N) is 1. The topological polar surface area (TPSA) is 51.8 Å². The van der Waals surface area contributed by atoms with Gasteiger partial charge in [0.25, 0.3) is 0 Å². The maximum Gasteiger partial charge on any atom is 0.180 e. The van der Waals surface area contributed by atoms with Gasteiger partial charge in [0, 0.05) is 23.3 Å². The number of hydrogen-bond donors (Lipinski definition) is 1. The predicted molar refractivity (Wildman–Crippen MR) is 104 cm³/mol. The van der Waals surface area contributed by atoms with Gasteiger partial charge in [-0.25, -0.2) is 4.98 Å². The molecule has 0 aliphatic heterocycles. The fraction of sp³-hybridized carbons (Fsp3) is 0.0476. The summed E-state index contributed by atoms with van der Waals surface area (Å²) in [6, 6.07) is 17.1. The van der Waals surface area contributed by atoms with E-state index in [1.165, 1.54) is 39.0 Å². The van der Waals surface area contributed by atoms with Crippen molar-refractivity contribution in [1.29, 1.82) is 0 Å². The fourth-order valence-corrected chi connectivity index (χ4v) is 4.07. The highest BCUT2D eigenvalue weighted by atomic mass is 32.1. The first-order valence-corrected chi connectivity index (χ1v) is 9.00. The van der Waals surface area contributed by atoms with Gasteiger partial charge in [-0.05, 0) is 46.9 Å². The number of benzene rings is 2. The van der Waals surface area contributed by atoms with Gasteiger partial charge < -0.3 is 5.73 Å². The van der Waals surface area contributed by atoms with Crippen molar-refractivity contribution < 1.29 is 0 Å². The molecule has 120 valence electrons. The molecule has 2 heterocycles. The summed E-state index contributed by atoms with van der Waals surface area (Å²) in [5, 5.41) is 1.77. The van der Waals surface area contributed by atoms with E-state index in [9.17, 15) is 0 Å². The lowest BCUT2D eigenvalue weighted by molar-refractivity contribution is 1.31. The average Bonchev–Trinajstić information content (AvgIpc) is 3.27. The van der Waals surface area contributed by atoms with Crippen molar-refractivity contribution >= 4 is 32.9 Å². The maximum atomic E-state index is 5.79. The number of anilines is 1. The number of allylic oxidation sites excluding steroid dienone is 1. The van der Waals surface area contributed by atoms with Crippen molar-refractivity contribution in [2.75, 3.05) is 5.73 Å². The first-order valence-electron chi connectivity index (χ1n) is 8.18. The Bertz CT molecular complexity index is 1140. The van der Waals surface area contributed by atoms with Crippen LogP contribution in [0, 0.1) is 0 Å². The third kappa shape index (κ3) is 2.42. The van der Waals surface area contributed by atoms with Crippen LogP contribution in [0.1, 0.15) is 16.7 Å². The molecule has 4 heteroatoms. The third-order valence-electron chi connectivity index (χ3n) is 4.64. The summed E-state index contributed by atoms with van der Waals surface area (Å²) in [5.41, 5.74) is 13.0. The Morgan fingerprint density at radius 2 is 1.84 bits per heavy atom. The molecule has 1 aliphatic rings. The van der Waals surface area contributed by atoms with E-state index >= 15 is 0 Å². The van der Waals surface area contributed by atoms with Crippen LogP contribution in [0.15, 0.2) is 67.0 Å². The van der Waals surface area contributed by atoms with Crippen LogP contribution in [-0.4, -0.2) is 9.97 Å². The minimum atomic E-state index is 0.602. The monoisotopic (exact) mass is 341 g/mol. The van der Waals surface area contributed by atoms with Crippen LogP contribution in [0.3, 0.4) is 0 Å². The molecule has 0 spiro atoms. The first kappa shape index (κ1) is 14.4. The van der Waals surface area contributed by atoms with Crippen LogP contribution < -0.4 is 5.73 Å². The molecule has 0 unspecified atom stereocenters. The van der Waals surface area contributed by atoms with E-state index in [0.29, 0.717) is 5.13 Å². The Kier molecular flexibility index (Phi) is 3.18. The molecule has 3 nitrogen and oxygen atoms in total. The van der Waals surface area contributed by atoms with Crippen LogP contribution >= 0.6 is 11.3 Å². The number of pyridine rings is 1. The fourth-order valence-electron chi connectivity index (χ4n) is 3.39. The van der Waals surface area contributed by atoms with Crippen molar-refractivity contribution in [3.63, 3.8) is 0 Å². The zero-order valence-electron chi connectivity index (χ0n) is 13.4. The number of nitrogens with zero attached hydrogens (tertiary/aromatic N) is 2. The number of rotatable bonds is 2. The molecule has 5 rings (SSSR count). The Morgan fingerprint density at radius 3 is 2.72 bits per heavy atom. The predicted octanol–water partition coefficient (Wildman–Crippen LogP) is 4.93. The van der Waals surface area contributed by atoms with E-state index in [1.807, 2.05) is 24.5 Å². The Labute approximate surface area is 149 Å².